The SMILES string of the molecule is Cc1nccn1-c1ccc(NC(=O)[C@H]2CCCN(C(=O)c3cccs3)C2)cn1. The molecule has 1 aliphatic heterocycles. The van der Waals surface area contributed by atoms with Gasteiger partial charge < -0.3 is 10.2 Å². The predicted octanol–water partition coefficient (Wildman–Crippen LogP) is 3.13. The molecule has 4 rings (SSSR count). The Morgan fingerprint density at radius 2 is 2.14 bits per heavy atom. The van der Waals surface area contributed by atoms with Crippen molar-refractivity contribution in [3.05, 3.63) is 58.9 Å². The van der Waals surface area contributed by atoms with E-state index in [-0.39, 0.29) is 17.7 Å². The van der Waals surface area contributed by atoms with Crippen molar-refractivity contribution in [2.45, 2.75) is 19.8 Å². The highest BCUT2D eigenvalue weighted by Crippen LogP contribution is 2.22. The van der Waals surface area contributed by atoms with Gasteiger partial charge in [0.1, 0.15) is 11.6 Å². The van der Waals surface area contributed by atoms with Gasteiger partial charge in [0.05, 0.1) is 22.7 Å². The van der Waals surface area contributed by atoms with Gasteiger partial charge in [-0.1, -0.05) is 6.07 Å². The summed E-state index contributed by atoms with van der Waals surface area (Å²) in [7, 11) is 0. The third kappa shape index (κ3) is 3.82. The molecule has 1 aliphatic rings. The van der Waals surface area contributed by atoms with Crippen LogP contribution >= 0.6 is 11.3 Å². The molecule has 0 radical (unpaired) electrons. The number of nitrogens with zero attached hydrogens (tertiary/aromatic N) is 4. The molecular formula is C20H21N5O2S. The van der Waals surface area contributed by atoms with Crippen LogP contribution < -0.4 is 5.32 Å². The Morgan fingerprint density at radius 1 is 1.25 bits per heavy atom. The van der Waals surface area contributed by atoms with Gasteiger partial charge in [0.2, 0.25) is 5.91 Å². The van der Waals surface area contributed by atoms with E-state index in [4.69, 9.17) is 0 Å². The second kappa shape index (κ2) is 7.93. The van der Waals surface area contributed by atoms with Crippen LogP contribution in [0.5, 0.6) is 0 Å². The molecule has 0 bridgehead atoms. The van der Waals surface area contributed by atoms with Gasteiger partial charge in [0.25, 0.3) is 5.91 Å². The molecule has 0 aliphatic carbocycles. The summed E-state index contributed by atoms with van der Waals surface area (Å²) in [6, 6.07) is 7.37. The van der Waals surface area contributed by atoms with Crippen molar-refractivity contribution in [2.24, 2.45) is 5.92 Å². The van der Waals surface area contributed by atoms with Gasteiger partial charge in [-0.3, -0.25) is 14.2 Å². The molecule has 1 saturated heterocycles. The van der Waals surface area contributed by atoms with Crippen LogP contribution in [0.15, 0.2) is 48.2 Å². The highest BCUT2D eigenvalue weighted by atomic mass is 32.1. The van der Waals surface area contributed by atoms with Crippen molar-refractivity contribution in [3.8, 4) is 5.82 Å². The van der Waals surface area contributed by atoms with Crippen molar-refractivity contribution in [1.82, 2.24) is 19.4 Å². The lowest BCUT2D eigenvalue weighted by Crippen LogP contribution is -2.43. The molecule has 1 fully saturated rings. The van der Waals surface area contributed by atoms with Gasteiger partial charge in [0.15, 0.2) is 0 Å². The average Bonchev–Trinajstić information content (AvgIpc) is 3.40. The fraction of sp³-hybridized carbons (Fsp3) is 0.300. The fourth-order valence-electron chi connectivity index (χ4n) is 3.40. The Morgan fingerprint density at radius 3 is 2.82 bits per heavy atom. The molecule has 3 aromatic heterocycles. The molecule has 7 nitrogen and oxygen atoms in total. The zero-order chi connectivity index (χ0) is 19.5. The molecule has 144 valence electrons. The zero-order valence-corrected chi connectivity index (χ0v) is 16.4. The Balaban J connectivity index is 1.39. The van der Waals surface area contributed by atoms with Crippen LogP contribution in [0.2, 0.25) is 0 Å². The number of carbonyl (C=O) groups is 2. The van der Waals surface area contributed by atoms with E-state index in [9.17, 15) is 9.59 Å². The van der Waals surface area contributed by atoms with E-state index in [2.05, 4.69) is 15.3 Å². The third-order valence-corrected chi connectivity index (χ3v) is 5.76. The normalized spacial score (nSPS) is 16.8. The lowest BCUT2D eigenvalue weighted by Gasteiger charge is -2.31. The lowest BCUT2D eigenvalue weighted by molar-refractivity contribution is -0.121. The summed E-state index contributed by atoms with van der Waals surface area (Å²) in [5.74, 6) is 1.32. The minimum Gasteiger partial charge on any atom is -0.337 e. The van der Waals surface area contributed by atoms with E-state index in [1.165, 1.54) is 11.3 Å². The first-order chi connectivity index (χ1) is 13.6. The minimum absolute atomic E-state index is 0.00854. The zero-order valence-electron chi connectivity index (χ0n) is 15.5. The Labute approximate surface area is 167 Å². The topological polar surface area (TPSA) is 80.1 Å². The van der Waals surface area contributed by atoms with Crippen LogP contribution in [0, 0.1) is 12.8 Å². The minimum atomic E-state index is -0.215. The van der Waals surface area contributed by atoms with Crippen LogP contribution in [0.25, 0.3) is 5.82 Å². The number of rotatable bonds is 4. The van der Waals surface area contributed by atoms with E-state index in [1.807, 2.05) is 47.3 Å². The number of aryl methyl sites for hydroxylation is 1. The van der Waals surface area contributed by atoms with E-state index < -0.39 is 0 Å². The maximum absolute atomic E-state index is 12.7. The number of amides is 2. The van der Waals surface area contributed by atoms with Crippen molar-refractivity contribution < 1.29 is 9.59 Å². The molecule has 8 heteroatoms. The quantitative estimate of drug-likeness (QED) is 0.736. The molecule has 1 N–H and O–H groups in total. The van der Waals surface area contributed by atoms with Crippen LogP contribution in [0.3, 0.4) is 0 Å². The summed E-state index contributed by atoms with van der Waals surface area (Å²) in [4.78, 5) is 36.3. The van der Waals surface area contributed by atoms with Crippen molar-refractivity contribution in [1.29, 1.82) is 0 Å². The fourth-order valence-corrected chi connectivity index (χ4v) is 4.09. The summed E-state index contributed by atoms with van der Waals surface area (Å²) < 4.78 is 1.88. The number of anilines is 1. The molecular weight excluding hydrogens is 374 g/mol. The smallest absolute Gasteiger partial charge is 0.263 e. The van der Waals surface area contributed by atoms with Crippen molar-refractivity contribution >= 4 is 28.8 Å². The number of nitrogens with one attached hydrogen (secondary N) is 1. The largest absolute Gasteiger partial charge is 0.337 e. The van der Waals surface area contributed by atoms with Gasteiger partial charge in [0, 0.05) is 25.5 Å². The monoisotopic (exact) mass is 395 g/mol. The molecule has 2 amide bonds. The Hall–Kier alpha value is -3.00. The molecule has 1 atom stereocenters. The summed E-state index contributed by atoms with van der Waals surface area (Å²) in [6.45, 7) is 3.05. The first kappa shape index (κ1) is 18.4. The number of imidazole rings is 1. The Kier molecular flexibility index (Phi) is 5.21. The molecule has 0 saturated carbocycles. The van der Waals surface area contributed by atoms with Crippen LogP contribution in [-0.2, 0) is 4.79 Å². The molecule has 3 aromatic rings. The maximum atomic E-state index is 12.7. The molecule has 28 heavy (non-hydrogen) atoms. The highest BCUT2D eigenvalue weighted by molar-refractivity contribution is 7.12. The number of likely N-dealkylation sites (tertiary alicyclic amines) is 1. The third-order valence-electron chi connectivity index (χ3n) is 4.90. The molecule has 4 heterocycles. The standard InChI is InChI=1S/C20H21N5O2S/c1-14-21-8-10-25(14)18-7-6-16(12-22-18)23-19(26)15-4-2-9-24(13-15)20(27)17-5-3-11-28-17/h3,5-8,10-12,15H,2,4,9,13H2,1H3,(H,23,26)/t15-/m0/s1. The molecule has 0 aromatic carbocycles. The number of carbonyl (C=O) groups excluding carboxylic acids is 2. The predicted molar refractivity (Wildman–Crippen MR) is 108 cm³/mol. The van der Waals surface area contributed by atoms with Gasteiger partial charge in [-0.05, 0) is 43.3 Å². The summed E-state index contributed by atoms with van der Waals surface area (Å²) in [5.41, 5.74) is 0.647. The highest BCUT2D eigenvalue weighted by Gasteiger charge is 2.29. The van der Waals surface area contributed by atoms with Gasteiger partial charge in [-0.25, -0.2) is 9.97 Å². The van der Waals surface area contributed by atoms with Crippen LogP contribution in [-0.4, -0.2) is 44.3 Å². The van der Waals surface area contributed by atoms with Gasteiger partial charge in [-0.2, -0.15) is 0 Å². The number of hydrogen-bond donors (Lipinski definition) is 1. The van der Waals surface area contributed by atoms with Crippen LogP contribution in [0.1, 0.15) is 28.3 Å². The first-order valence-corrected chi connectivity index (χ1v) is 10.1. The first-order valence-electron chi connectivity index (χ1n) is 9.22. The number of pyridine rings is 1. The molecule has 0 unspecified atom stereocenters. The van der Waals surface area contributed by atoms with E-state index in [1.54, 1.807) is 17.3 Å². The number of aromatic nitrogens is 3. The average molecular weight is 395 g/mol. The number of hydrogen-bond acceptors (Lipinski definition) is 5. The van der Waals surface area contributed by atoms with Crippen LogP contribution in [0.4, 0.5) is 5.69 Å². The van der Waals surface area contributed by atoms with Gasteiger partial charge in [-0.15, -0.1) is 11.3 Å². The number of thiophene rings is 1. The van der Waals surface area contributed by atoms with E-state index >= 15 is 0 Å². The maximum Gasteiger partial charge on any atom is 0.263 e. The van der Waals surface area contributed by atoms with Gasteiger partial charge >= 0.3 is 0 Å². The Bertz CT molecular complexity index is 965. The summed E-state index contributed by atoms with van der Waals surface area (Å²) in [6.07, 6.45) is 6.81. The van der Waals surface area contributed by atoms with E-state index in [0.29, 0.717) is 18.8 Å². The lowest BCUT2D eigenvalue weighted by atomic mass is 9.97. The summed E-state index contributed by atoms with van der Waals surface area (Å²) in [5, 5.41) is 4.82. The van der Waals surface area contributed by atoms with E-state index in [0.717, 1.165) is 29.4 Å². The summed E-state index contributed by atoms with van der Waals surface area (Å²) >= 11 is 1.43. The molecule has 0 spiro atoms. The second-order valence-corrected chi connectivity index (χ2v) is 7.75. The second-order valence-electron chi connectivity index (χ2n) is 6.81. The van der Waals surface area contributed by atoms with Crippen molar-refractivity contribution in [3.63, 3.8) is 0 Å². The number of piperidine rings is 1. The van der Waals surface area contributed by atoms with Crippen molar-refractivity contribution in [2.75, 3.05) is 18.4 Å².